The molecule has 0 heterocycles. The summed E-state index contributed by atoms with van der Waals surface area (Å²) in [4.78, 5) is -0.353. The lowest BCUT2D eigenvalue weighted by Gasteiger charge is -2.10. The molecule has 4 aromatic carbocycles. The standard InChI is InChI=1S/C22H16N4O7S2/c27-19-11-6-14-12-18(35(29,30)31)13-20(34-33-32-28)21(14)22(19)26-25-17-9-7-16(8-10-17)24-23-15-4-2-1-3-5-15/h1-13,27-28H,(H,29,30,31). The van der Waals surface area contributed by atoms with Crippen LogP contribution in [0.5, 0.6) is 5.75 Å². The maximum Gasteiger partial charge on any atom is 0.294 e. The Hall–Kier alpha value is -3.72. The molecule has 3 N–H and O–H groups in total. The molecule has 0 amide bonds. The normalized spacial score (nSPS) is 12.2. The summed E-state index contributed by atoms with van der Waals surface area (Å²) in [6, 6.07) is 20.9. The Morgan fingerprint density at radius 2 is 1.37 bits per heavy atom. The third kappa shape index (κ3) is 6.05. The topological polar surface area (TPSA) is 163 Å². The number of hydrogen-bond acceptors (Lipinski definition) is 11. The van der Waals surface area contributed by atoms with Gasteiger partial charge in [-0.2, -0.15) is 23.8 Å². The van der Waals surface area contributed by atoms with Gasteiger partial charge in [0.25, 0.3) is 10.1 Å². The zero-order valence-electron chi connectivity index (χ0n) is 17.6. The van der Waals surface area contributed by atoms with E-state index in [1.165, 1.54) is 18.2 Å². The van der Waals surface area contributed by atoms with Crippen LogP contribution in [-0.4, -0.2) is 23.3 Å². The van der Waals surface area contributed by atoms with Crippen LogP contribution in [0.3, 0.4) is 0 Å². The van der Waals surface area contributed by atoms with Gasteiger partial charge in [-0.3, -0.25) is 4.55 Å². The zero-order chi connectivity index (χ0) is 24.8. The third-order valence-electron chi connectivity index (χ3n) is 4.61. The van der Waals surface area contributed by atoms with Gasteiger partial charge in [0, 0.05) is 5.39 Å². The van der Waals surface area contributed by atoms with Crippen LogP contribution in [0.25, 0.3) is 10.8 Å². The predicted octanol–water partition coefficient (Wildman–Crippen LogP) is 7.05. The summed E-state index contributed by atoms with van der Waals surface area (Å²) in [7, 11) is -4.55. The van der Waals surface area contributed by atoms with E-state index >= 15 is 0 Å². The SMILES string of the molecule is O=S(=O)(O)c1cc(SOOO)c2c(N=Nc3ccc(N=Nc4ccccc4)cc3)c(O)ccc2c1. The van der Waals surface area contributed by atoms with Gasteiger partial charge in [-0.25, -0.2) is 5.26 Å². The minimum atomic E-state index is -4.55. The average molecular weight is 513 g/mol. The second-order valence-electron chi connectivity index (χ2n) is 6.91. The van der Waals surface area contributed by atoms with Crippen LogP contribution in [0.1, 0.15) is 0 Å². The van der Waals surface area contributed by atoms with Crippen LogP contribution in [0.2, 0.25) is 0 Å². The Labute approximate surface area is 203 Å². The van der Waals surface area contributed by atoms with Gasteiger partial charge in [-0.05, 0) is 60.0 Å². The fraction of sp³-hybridized carbons (Fsp3) is 0. The summed E-state index contributed by atoms with van der Waals surface area (Å²) in [5.74, 6) is -0.249. The lowest BCUT2D eigenvalue weighted by atomic mass is 10.1. The lowest BCUT2D eigenvalue weighted by molar-refractivity contribution is -0.432. The Kier molecular flexibility index (Phi) is 7.45. The molecule has 13 heteroatoms. The molecule has 0 aliphatic heterocycles. The van der Waals surface area contributed by atoms with Crippen molar-refractivity contribution in [2.24, 2.45) is 20.5 Å². The second kappa shape index (κ2) is 10.7. The van der Waals surface area contributed by atoms with E-state index < -0.39 is 15.0 Å². The molecule has 4 aromatic rings. The largest absolute Gasteiger partial charge is 0.506 e. The van der Waals surface area contributed by atoms with E-state index in [0.717, 1.165) is 6.07 Å². The molecular formula is C22H16N4O7S2. The summed E-state index contributed by atoms with van der Waals surface area (Å²) in [5.41, 5.74) is 1.75. The number of phenolic OH excluding ortho intramolecular Hbond substituents is 1. The van der Waals surface area contributed by atoms with Crippen molar-refractivity contribution in [3.63, 3.8) is 0 Å². The number of nitrogens with zero attached hydrogens (tertiary/aromatic N) is 4. The summed E-state index contributed by atoms with van der Waals surface area (Å²) < 4.78 is 37.2. The fourth-order valence-electron chi connectivity index (χ4n) is 3.04. The van der Waals surface area contributed by atoms with E-state index in [4.69, 9.17) is 5.26 Å². The average Bonchev–Trinajstić information content (AvgIpc) is 2.86. The minimum absolute atomic E-state index is 0.00118. The van der Waals surface area contributed by atoms with Crippen molar-refractivity contribution in [3.05, 3.63) is 78.9 Å². The number of hydrogen-bond donors (Lipinski definition) is 3. The molecule has 4 rings (SSSR count). The van der Waals surface area contributed by atoms with Gasteiger partial charge in [0.1, 0.15) is 11.4 Å². The molecule has 0 fully saturated rings. The third-order valence-corrected chi connectivity index (χ3v) is 6.07. The first-order valence-electron chi connectivity index (χ1n) is 9.76. The lowest BCUT2D eigenvalue weighted by Crippen LogP contribution is -1.98. The van der Waals surface area contributed by atoms with Gasteiger partial charge in [0.2, 0.25) is 0 Å². The van der Waals surface area contributed by atoms with Crippen molar-refractivity contribution in [3.8, 4) is 5.75 Å². The van der Waals surface area contributed by atoms with Crippen LogP contribution in [0, 0.1) is 0 Å². The Morgan fingerprint density at radius 1 is 0.771 bits per heavy atom. The van der Waals surface area contributed by atoms with Crippen LogP contribution in [-0.2, 0) is 19.5 Å². The molecule has 0 aliphatic rings. The van der Waals surface area contributed by atoms with E-state index in [0.29, 0.717) is 34.5 Å². The van der Waals surface area contributed by atoms with Crippen molar-refractivity contribution in [1.29, 1.82) is 0 Å². The summed E-state index contributed by atoms with van der Waals surface area (Å²) in [5, 5.41) is 39.6. The molecule has 0 atom stereocenters. The van der Waals surface area contributed by atoms with Gasteiger partial charge < -0.3 is 5.11 Å². The Balaban J connectivity index is 1.68. The number of azo groups is 2. The van der Waals surface area contributed by atoms with Crippen molar-refractivity contribution in [1.82, 2.24) is 0 Å². The van der Waals surface area contributed by atoms with Crippen molar-refractivity contribution in [2.75, 3.05) is 0 Å². The minimum Gasteiger partial charge on any atom is -0.506 e. The molecule has 0 unspecified atom stereocenters. The second-order valence-corrected chi connectivity index (χ2v) is 9.07. The van der Waals surface area contributed by atoms with Crippen LogP contribution < -0.4 is 0 Å². The smallest absolute Gasteiger partial charge is 0.294 e. The molecular weight excluding hydrogens is 496 g/mol. The number of phenols is 1. The van der Waals surface area contributed by atoms with Crippen LogP contribution in [0.4, 0.5) is 22.7 Å². The molecule has 0 saturated carbocycles. The van der Waals surface area contributed by atoms with Crippen LogP contribution >= 0.6 is 12.0 Å². The molecule has 0 aliphatic carbocycles. The van der Waals surface area contributed by atoms with E-state index in [9.17, 15) is 18.1 Å². The Bertz CT molecular complexity index is 1510. The molecule has 178 valence electrons. The maximum atomic E-state index is 11.6. The molecule has 0 bridgehead atoms. The fourth-order valence-corrected chi connectivity index (χ4v) is 4.24. The number of benzene rings is 4. The number of aromatic hydroxyl groups is 1. The van der Waals surface area contributed by atoms with Gasteiger partial charge >= 0.3 is 0 Å². The number of rotatable bonds is 8. The van der Waals surface area contributed by atoms with E-state index in [1.54, 1.807) is 24.3 Å². The number of fused-ring (bicyclic) bond motifs is 1. The van der Waals surface area contributed by atoms with Gasteiger partial charge in [0.15, 0.2) is 0 Å². The Morgan fingerprint density at radius 3 is 1.97 bits per heavy atom. The molecule has 0 saturated heterocycles. The van der Waals surface area contributed by atoms with Crippen molar-refractivity contribution >= 4 is 55.7 Å². The summed E-state index contributed by atoms with van der Waals surface area (Å²) in [6.45, 7) is 0. The highest BCUT2D eigenvalue weighted by Gasteiger charge is 2.19. The predicted molar refractivity (Wildman–Crippen MR) is 127 cm³/mol. The van der Waals surface area contributed by atoms with E-state index in [-0.39, 0.29) is 21.7 Å². The quantitative estimate of drug-likeness (QED) is 0.0743. The van der Waals surface area contributed by atoms with E-state index in [1.807, 2.05) is 30.3 Å². The molecule has 0 spiro atoms. The highest BCUT2D eigenvalue weighted by molar-refractivity contribution is 7.94. The summed E-state index contributed by atoms with van der Waals surface area (Å²) >= 11 is 0.447. The summed E-state index contributed by atoms with van der Waals surface area (Å²) in [6.07, 6.45) is 0. The zero-order valence-corrected chi connectivity index (χ0v) is 19.2. The van der Waals surface area contributed by atoms with Crippen LogP contribution in [0.15, 0.2) is 109 Å². The molecule has 0 aromatic heterocycles. The first kappa shape index (κ1) is 24.4. The molecule has 35 heavy (non-hydrogen) atoms. The van der Waals surface area contributed by atoms with Crippen molar-refractivity contribution in [2.45, 2.75) is 9.79 Å². The van der Waals surface area contributed by atoms with Crippen molar-refractivity contribution < 1.29 is 32.7 Å². The van der Waals surface area contributed by atoms with Gasteiger partial charge in [0.05, 0.1) is 38.9 Å². The molecule has 11 nitrogen and oxygen atoms in total. The maximum absolute atomic E-state index is 11.6. The first-order valence-corrected chi connectivity index (χ1v) is 11.9. The highest BCUT2D eigenvalue weighted by Crippen LogP contribution is 2.43. The molecule has 0 radical (unpaired) electrons. The van der Waals surface area contributed by atoms with Gasteiger partial charge in [-0.1, -0.05) is 29.3 Å². The highest BCUT2D eigenvalue weighted by atomic mass is 32.2. The van der Waals surface area contributed by atoms with Gasteiger partial charge in [-0.15, -0.1) is 9.45 Å². The monoisotopic (exact) mass is 512 g/mol. The first-order chi connectivity index (χ1) is 16.8. The van der Waals surface area contributed by atoms with E-state index in [2.05, 4.69) is 29.8 Å².